The number of benzene rings is 5. The number of piperidine rings is 2. The van der Waals surface area contributed by atoms with E-state index in [-0.39, 0.29) is 94.8 Å². The third kappa shape index (κ3) is 15.2. The zero-order valence-corrected chi connectivity index (χ0v) is 44.2. The van der Waals surface area contributed by atoms with Crippen LogP contribution >= 0.6 is 0 Å². The number of fused-ring (bicyclic) bond motifs is 2. The van der Waals surface area contributed by atoms with Crippen molar-refractivity contribution in [3.8, 4) is 0 Å². The monoisotopic (exact) mass is 1250 g/mol. The number of amides is 3. The van der Waals surface area contributed by atoms with E-state index in [4.69, 9.17) is 23.7 Å². The van der Waals surface area contributed by atoms with Crippen molar-refractivity contribution in [3.05, 3.63) is 177 Å². The van der Waals surface area contributed by atoms with Crippen molar-refractivity contribution in [2.45, 2.75) is 119 Å². The number of alkyl carbamates (subject to hydrolysis) is 2. The van der Waals surface area contributed by atoms with Crippen molar-refractivity contribution in [1.82, 2.24) is 20.9 Å². The fraction of sp³-hybridized carbons (Fsp3) is 0.389. The number of carbonyl (C=O) groups is 3. The fourth-order valence-electron chi connectivity index (χ4n) is 9.90. The van der Waals surface area contributed by atoms with Gasteiger partial charge in [-0.15, -0.1) is 0 Å². The number of nitrogens with one attached hydrogen (secondary N) is 3. The Kier molecular flexibility index (Phi) is 20.8. The molecule has 0 aliphatic carbocycles. The second kappa shape index (κ2) is 25.8. The number of hydrogen-bond acceptors (Lipinski definition) is 9. The van der Waals surface area contributed by atoms with Gasteiger partial charge in [0.15, 0.2) is 0 Å². The Hall–Kier alpha value is -6.47. The molecule has 0 spiro atoms. The van der Waals surface area contributed by atoms with Crippen molar-refractivity contribution in [3.63, 3.8) is 0 Å². The smallest absolute Gasteiger partial charge is 0.416 e. The van der Waals surface area contributed by atoms with Crippen molar-refractivity contribution < 1.29 is 124 Å². The number of likely N-dealkylation sites (tertiary alicyclic amines) is 1. The van der Waals surface area contributed by atoms with Crippen LogP contribution in [-0.4, -0.2) is 71.9 Å². The zero-order valence-electron chi connectivity index (χ0n) is 42.6. The summed E-state index contributed by atoms with van der Waals surface area (Å²) in [5.74, 6) is 0. The maximum absolute atomic E-state index is 13.8. The predicted octanol–water partition coefficient (Wildman–Crippen LogP) is 11.7. The second-order valence-corrected chi connectivity index (χ2v) is 19.2. The quantitative estimate of drug-likeness (QED) is 0.0618. The van der Waals surface area contributed by atoms with Crippen LogP contribution in [0.15, 0.2) is 127 Å². The standard InChI is InChI=1S/C31H28F6N2O5.C23H22F6N2O3.2H2O.Pd.H2/c1-19(21-14-23(30(32,33)34)16-24(15-21)31(35,36)37)43-18-29(22-10-6-3-7-11-22)13-12-25-26(38-27(40)44-25)39(29)28(41)42-17-20-8-4-2-5-9-20;1-13(14-9-16(22(24,25)26)11-17(10-14)23(27,28)29)33-12-21(15-5-3-2-4-6-15)8-7-18-19(31-21)30-20(32)34-18;;;;/h2-11,14-16,19,25-26H,12-13,17-18H2,1H3,(H,38,40);2-6,9-11,13,18-19,31H,7-8,12H2,1H3,(H,30,32);2*1H2;;1H/t19-,25?,26?,29-;13-,18?,19?,21-;;;;/m11..../s1. The van der Waals surface area contributed by atoms with E-state index in [0.717, 1.165) is 5.56 Å². The molecule has 446 valence electrons. The summed E-state index contributed by atoms with van der Waals surface area (Å²) >= 11 is 0. The molecule has 7 N–H and O–H groups in total. The minimum atomic E-state index is -5.03. The van der Waals surface area contributed by atoms with E-state index >= 15 is 0 Å². The van der Waals surface area contributed by atoms with Crippen LogP contribution in [0, 0.1) is 0 Å². The summed E-state index contributed by atoms with van der Waals surface area (Å²) in [6.07, 6.45) is -25.6. The van der Waals surface area contributed by atoms with Crippen LogP contribution in [0.5, 0.6) is 0 Å². The number of alkyl halides is 12. The Labute approximate surface area is 470 Å². The average Bonchev–Trinajstić information content (AvgIpc) is 3.71. The van der Waals surface area contributed by atoms with E-state index in [2.05, 4.69) is 16.0 Å². The molecule has 0 aromatic heterocycles. The SMILES string of the molecule is C[C@@H](OC[C@@]1(c2ccccc2)CCC2OC(=O)NC2N1)c1cc(C(F)(F)F)cc(C(F)(F)F)c1.C[C@@H](OC[C@@]1(c2ccccc2)CCC2OC(=O)NC2N1C(=O)OCc1ccccc1)c1cc(C(F)(F)F)cc(C(F)(F)F)c1.O.O.[HH].[Pd]. The Morgan fingerprint density at radius 3 is 1.51 bits per heavy atom. The Bertz CT molecular complexity index is 2870. The van der Waals surface area contributed by atoms with Gasteiger partial charge >= 0.3 is 43.0 Å². The minimum Gasteiger partial charge on any atom is -0.444 e. The van der Waals surface area contributed by atoms with Crippen LogP contribution in [-0.2, 0) is 86.5 Å². The summed E-state index contributed by atoms with van der Waals surface area (Å²) in [4.78, 5) is 39.0. The molecule has 5 aromatic rings. The van der Waals surface area contributed by atoms with E-state index in [0.29, 0.717) is 48.2 Å². The van der Waals surface area contributed by atoms with Crippen LogP contribution in [0.4, 0.5) is 67.1 Å². The van der Waals surface area contributed by atoms with E-state index in [9.17, 15) is 67.1 Å². The van der Waals surface area contributed by atoms with E-state index in [1.165, 1.54) is 18.7 Å². The maximum atomic E-state index is 13.8. The largest absolute Gasteiger partial charge is 0.444 e. The second-order valence-electron chi connectivity index (χ2n) is 19.2. The number of halogens is 12. The molecule has 4 aliphatic heterocycles. The normalized spacial score (nSPS) is 23.1. The van der Waals surface area contributed by atoms with Crippen molar-refractivity contribution in [2.75, 3.05) is 13.2 Å². The molecule has 27 heteroatoms. The van der Waals surface area contributed by atoms with Gasteiger partial charge < -0.3 is 40.0 Å². The molecule has 81 heavy (non-hydrogen) atoms. The van der Waals surface area contributed by atoms with E-state index in [1.807, 2.05) is 18.2 Å². The van der Waals surface area contributed by atoms with Gasteiger partial charge in [0.05, 0.1) is 58.8 Å². The molecule has 5 aromatic carbocycles. The Morgan fingerprint density at radius 2 is 1.02 bits per heavy atom. The van der Waals surface area contributed by atoms with Gasteiger partial charge in [0, 0.05) is 21.8 Å². The van der Waals surface area contributed by atoms with Crippen molar-refractivity contribution in [2.24, 2.45) is 0 Å². The average molecular weight is 1260 g/mol. The number of nitrogens with zero attached hydrogens (tertiary/aromatic N) is 1. The predicted molar refractivity (Wildman–Crippen MR) is 262 cm³/mol. The zero-order chi connectivity index (χ0) is 56.4. The number of carbonyl (C=O) groups excluding carboxylic acids is 3. The van der Waals surface area contributed by atoms with Gasteiger partial charge in [-0.2, -0.15) is 52.7 Å². The Balaban J connectivity index is 0.000000346. The molecule has 4 fully saturated rings. The molecule has 3 amide bonds. The maximum Gasteiger partial charge on any atom is 0.416 e. The number of rotatable bonds is 12. The van der Waals surface area contributed by atoms with Gasteiger partial charge in [-0.05, 0) is 104 Å². The van der Waals surface area contributed by atoms with E-state index < -0.39 is 107 Å². The number of ether oxygens (including phenoxy) is 5. The van der Waals surface area contributed by atoms with Gasteiger partial charge in [-0.25, -0.2) is 14.4 Å². The molecule has 4 saturated heterocycles. The molecular formula is C54H56F12N4O10Pd. The van der Waals surface area contributed by atoms with Gasteiger partial charge in [0.2, 0.25) is 0 Å². The van der Waals surface area contributed by atoms with Crippen LogP contribution < -0.4 is 16.0 Å². The summed E-state index contributed by atoms with van der Waals surface area (Å²) in [7, 11) is 0. The minimum absolute atomic E-state index is 0. The summed E-state index contributed by atoms with van der Waals surface area (Å²) in [5.41, 5.74) is -6.43. The first-order valence-electron chi connectivity index (χ1n) is 24.3. The van der Waals surface area contributed by atoms with E-state index in [1.54, 1.807) is 72.8 Å². The molecule has 0 bridgehead atoms. The Morgan fingerprint density at radius 1 is 0.605 bits per heavy atom. The third-order valence-electron chi connectivity index (χ3n) is 14.0. The van der Waals surface area contributed by atoms with Crippen LogP contribution in [0.2, 0.25) is 0 Å². The first-order chi connectivity index (χ1) is 36.6. The van der Waals surface area contributed by atoms with Crippen molar-refractivity contribution in [1.29, 1.82) is 0 Å². The molecule has 9 rings (SSSR count). The van der Waals surface area contributed by atoms with Crippen molar-refractivity contribution >= 4 is 18.3 Å². The molecule has 14 nitrogen and oxygen atoms in total. The molecule has 0 radical (unpaired) electrons. The summed E-state index contributed by atoms with van der Waals surface area (Å²) in [5, 5.41) is 8.62. The number of hydrogen-bond donors (Lipinski definition) is 3. The third-order valence-corrected chi connectivity index (χ3v) is 14.0. The van der Waals surface area contributed by atoms with Gasteiger partial charge in [-0.1, -0.05) is 91.0 Å². The van der Waals surface area contributed by atoms with Crippen LogP contribution in [0.25, 0.3) is 0 Å². The van der Waals surface area contributed by atoms with Crippen LogP contribution in [0.1, 0.15) is 103 Å². The topological polar surface area (TPSA) is 200 Å². The first-order valence-corrected chi connectivity index (χ1v) is 24.3. The summed E-state index contributed by atoms with van der Waals surface area (Å²) < 4.78 is 189. The molecular weight excluding hydrogens is 1200 g/mol. The van der Waals surface area contributed by atoms with Gasteiger partial charge in [0.1, 0.15) is 31.1 Å². The fourth-order valence-corrected chi connectivity index (χ4v) is 9.90. The first kappa shape index (κ1) is 65.3. The molecule has 8 atom stereocenters. The van der Waals surface area contributed by atoms with Gasteiger partial charge in [0.25, 0.3) is 0 Å². The summed E-state index contributed by atoms with van der Waals surface area (Å²) in [6, 6.07) is 29.3. The molecule has 4 heterocycles. The molecule has 4 aliphatic rings. The summed E-state index contributed by atoms with van der Waals surface area (Å²) in [6.45, 7) is 2.22. The molecule has 0 saturated carbocycles. The van der Waals surface area contributed by atoms with Crippen LogP contribution in [0.3, 0.4) is 0 Å². The van der Waals surface area contributed by atoms with Gasteiger partial charge in [-0.3, -0.25) is 15.5 Å². The molecule has 4 unspecified atom stereocenters.